The summed E-state index contributed by atoms with van der Waals surface area (Å²) in [6.45, 7) is 0.441. The molecular weight excluding hydrogens is 286 g/mol. The number of ether oxygens (including phenoxy) is 1. The van der Waals surface area contributed by atoms with Crippen molar-refractivity contribution in [3.63, 3.8) is 0 Å². The van der Waals surface area contributed by atoms with Gasteiger partial charge in [0.05, 0.1) is 11.4 Å². The molecule has 106 valence electrons. The minimum atomic E-state index is 0.441. The highest BCUT2D eigenvalue weighted by atomic mass is 32.1. The van der Waals surface area contributed by atoms with Crippen LogP contribution in [0.25, 0.3) is 4.96 Å². The Morgan fingerprint density at radius 3 is 3.19 bits per heavy atom. The van der Waals surface area contributed by atoms with E-state index in [4.69, 9.17) is 9.94 Å². The van der Waals surface area contributed by atoms with Crippen LogP contribution in [0.2, 0.25) is 0 Å². The summed E-state index contributed by atoms with van der Waals surface area (Å²) in [4.78, 5) is 5.48. The quantitative estimate of drug-likeness (QED) is 0.597. The van der Waals surface area contributed by atoms with Gasteiger partial charge in [-0.3, -0.25) is 4.40 Å². The normalized spacial score (nSPS) is 15.7. The van der Waals surface area contributed by atoms with Crippen molar-refractivity contribution in [1.29, 1.82) is 0 Å². The lowest BCUT2D eigenvalue weighted by Crippen LogP contribution is -1.99. The van der Waals surface area contributed by atoms with Gasteiger partial charge in [-0.1, -0.05) is 17.3 Å². The smallest absolute Gasteiger partial charge is 0.193 e. The Morgan fingerprint density at radius 2 is 2.33 bits per heavy atom. The molecule has 1 N–H and O–H groups in total. The summed E-state index contributed by atoms with van der Waals surface area (Å²) in [5.74, 6) is 0.850. The second-order valence-electron chi connectivity index (χ2n) is 4.94. The first-order valence-corrected chi connectivity index (χ1v) is 7.60. The third kappa shape index (κ3) is 2.08. The molecule has 1 aliphatic carbocycles. The standard InChI is InChI=1S/C15H13N3O2S/c19-17-13-5-4-12-11(13)2-1-3-14(12)20-9-10-8-18-6-7-21-15(18)16-10/h1-3,6-8,19H,4-5,9H2/b17-13-. The number of benzene rings is 1. The highest BCUT2D eigenvalue weighted by Crippen LogP contribution is 2.31. The van der Waals surface area contributed by atoms with Crippen LogP contribution in [0.15, 0.2) is 41.1 Å². The number of oxime groups is 1. The third-order valence-electron chi connectivity index (χ3n) is 3.70. The Balaban J connectivity index is 1.58. The van der Waals surface area contributed by atoms with E-state index in [9.17, 15) is 0 Å². The fourth-order valence-corrected chi connectivity index (χ4v) is 3.43. The van der Waals surface area contributed by atoms with Crippen molar-refractivity contribution >= 4 is 22.0 Å². The van der Waals surface area contributed by atoms with E-state index in [-0.39, 0.29) is 0 Å². The van der Waals surface area contributed by atoms with Crippen molar-refractivity contribution in [3.05, 3.63) is 52.8 Å². The fraction of sp³-hybridized carbons (Fsp3) is 0.200. The lowest BCUT2D eigenvalue weighted by Gasteiger charge is -2.09. The van der Waals surface area contributed by atoms with Crippen LogP contribution in [0.4, 0.5) is 0 Å². The molecule has 2 heterocycles. The number of rotatable bonds is 3. The summed E-state index contributed by atoms with van der Waals surface area (Å²) < 4.78 is 7.91. The third-order valence-corrected chi connectivity index (χ3v) is 4.47. The fourth-order valence-electron chi connectivity index (χ4n) is 2.71. The number of thiazole rings is 1. The molecule has 0 atom stereocenters. The van der Waals surface area contributed by atoms with E-state index in [1.165, 1.54) is 0 Å². The molecule has 4 rings (SSSR count). The zero-order valence-electron chi connectivity index (χ0n) is 11.2. The maximum atomic E-state index is 9.00. The molecule has 0 saturated carbocycles. The van der Waals surface area contributed by atoms with Gasteiger partial charge in [0.15, 0.2) is 4.96 Å². The van der Waals surface area contributed by atoms with Gasteiger partial charge in [0.25, 0.3) is 0 Å². The summed E-state index contributed by atoms with van der Waals surface area (Å²) in [5, 5.41) is 14.4. The number of aromatic nitrogens is 2. The van der Waals surface area contributed by atoms with E-state index >= 15 is 0 Å². The largest absolute Gasteiger partial charge is 0.487 e. The number of hydrogen-bond acceptors (Lipinski definition) is 5. The summed E-state index contributed by atoms with van der Waals surface area (Å²) in [6, 6.07) is 5.85. The van der Waals surface area contributed by atoms with Crippen molar-refractivity contribution in [2.45, 2.75) is 19.4 Å². The lowest BCUT2D eigenvalue weighted by molar-refractivity contribution is 0.299. The average molecular weight is 299 g/mol. The molecule has 0 fully saturated rings. The van der Waals surface area contributed by atoms with Gasteiger partial charge in [-0.15, -0.1) is 11.3 Å². The predicted molar refractivity (Wildman–Crippen MR) is 80.5 cm³/mol. The monoisotopic (exact) mass is 299 g/mol. The molecule has 5 nitrogen and oxygen atoms in total. The van der Waals surface area contributed by atoms with Gasteiger partial charge < -0.3 is 9.94 Å². The van der Waals surface area contributed by atoms with Gasteiger partial charge in [-0.2, -0.15) is 0 Å². The van der Waals surface area contributed by atoms with Crippen molar-refractivity contribution in [1.82, 2.24) is 9.38 Å². The van der Waals surface area contributed by atoms with Crippen LogP contribution in [-0.2, 0) is 13.0 Å². The van der Waals surface area contributed by atoms with Gasteiger partial charge in [-0.25, -0.2) is 4.98 Å². The topological polar surface area (TPSA) is 59.1 Å². The summed E-state index contributed by atoms with van der Waals surface area (Å²) in [6.07, 6.45) is 5.58. The Bertz CT molecular complexity index is 806. The van der Waals surface area contributed by atoms with Crippen LogP contribution >= 0.6 is 11.3 Å². The molecule has 0 amide bonds. The van der Waals surface area contributed by atoms with Gasteiger partial charge in [0, 0.05) is 28.9 Å². The van der Waals surface area contributed by atoms with Crippen molar-refractivity contribution in [3.8, 4) is 5.75 Å². The molecular formula is C15H13N3O2S. The van der Waals surface area contributed by atoms with E-state index < -0.39 is 0 Å². The summed E-state index contributed by atoms with van der Waals surface area (Å²) in [7, 11) is 0. The van der Waals surface area contributed by atoms with Crippen LogP contribution in [0, 0.1) is 0 Å². The van der Waals surface area contributed by atoms with Gasteiger partial charge >= 0.3 is 0 Å². The van der Waals surface area contributed by atoms with Crippen LogP contribution in [0.5, 0.6) is 5.75 Å². The molecule has 1 aromatic carbocycles. The number of fused-ring (bicyclic) bond motifs is 2. The molecule has 0 bridgehead atoms. The van der Waals surface area contributed by atoms with Crippen LogP contribution in [0.1, 0.15) is 23.2 Å². The second kappa shape index (κ2) is 4.89. The van der Waals surface area contributed by atoms with Gasteiger partial charge in [0.2, 0.25) is 0 Å². The van der Waals surface area contributed by atoms with Crippen LogP contribution < -0.4 is 4.74 Å². The predicted octanol–water partition coefficient (Wildman–Crippen LogP) is 3.10. The minimum absolute atomic E-state index is 0.441. The Morgan fingerprint density at radius 1 is 1.38 bits per heavy atom. The van der Waals surface area contributed by atoms with E-state index in [0.717, 1.165) is 46.1 Å². The lowest BCUT2D eigenvalue weighted by atomic mass is 10.1. The first kappa shape index (κ1) is 12.4. The highest BCUT2D eigenvalue weighted by molar-refractivity contribution is 7.15. The maximum Gasteiger partial charge on any atom is 0.193 e. The van der Waals surface area contributed by atoms with E-state index in [0.29, 0.717) is 6.61 Å². The first-order chi connectivity index (χ1) is 10.3. The molecule has 6 heteroatoms. The van der Waals surface area contributed by atoms with Crippen LogP contribution in [-0.4, -0.2) is 20.3 Å². The van der Waals surface area contributed by atoms with Crippen molar-refractivity contribution < 1.29 is 9.94 Å². The first-order valence-electron chi connectivity index (χ1n) is 6.72. The summed E-state index contributed by atoms with van der Waals surface area (Å²) >= 11 is 1.61. The maximum absolute atomic E-state index is 9.00. The van der Waals surface area contributed by atoms with Crippen molar-refractivity contribution in [2.24, 2.45) is 5.16 Å². The van der Waals surface area contributed by atoms with Crippen molar-refractivity contribution in [2.75, 3.05) is 0 Å². The highest BCUT2D eigenvalue weighted by Gasteiger charge is 2.21. The zero-order valence-corrected chi connectivity index (χ0v) is 12.0. The molecule has 0 saturated heterocycles. The van der Waals surface area contributed by atoms with Gasteiger partial charge in [-0.05, 0) is 18.9 Å². The molecule has 0 unspecified atom stereocenters. The molecule has 0 spiro atoms. The van der Waals surface area contributed by atoms with E-state index in [1.807, 2.05) is 40.4 Å². The summed E-state index contributed by atoms with van der Waals surface area (Å²) in [5.41, 5.74) is 3.75. The number of imidazole rings is 1. The second-order valence-corrected chi connectivity index (χ2v) is 5.82. The average Bonchev–Trinajstić information content (AvgIpc) is 3.18. The molecule has 3 aromatic rings. The Labute approximate surface area is 125 Å². The molecule has 21 heavy (non-hydrogen) atoms. The SMILES string of the molecule is O/N=C1/CCc2c(OCc3cn4ccsc4n3)cccc21. The molecule has 0 aliphatic heterocycles. The van der Waals surface area contributed by atoms with Crippen LogP contribution in [0.3, 0.4) is 0 Å². The zero-order chi connectivity index (χ0) is 14.2. The van der Waals surface area contributed by atoms with E-state index in [2.05, 4.69) is 10.1 Å². The van der Waals surface area contributed by atoms with Gasteiger partial charge in [0.1, 0.15) is 12.4 Å². The van der Waals surface area contributed by atoms with E-state index in [1.54, 1.807) is 11.3 Å². The molecule has 0 radical (unpaired) electrons. The molecule has 2 aromatic heterocycles. The molecule has 1 aliphatic rings. The minimum Gasteiger partial charge on any atom is -0.487 e. The Kier molecular flexibility index (Phi) is 2.89. The number of nitrogens with zero attached hydrogens (tertiary/aromatic N) is 3. The Hall–Kier alpha value is -2.34. The number of hydrogen-bond donors (Lipinski definition) is 1.